The van der Waals surface area contributed by atoms with E-state index in [1.54, 1.807) is 53.7 Å². The molecule has 0 unspecified atom stereocenters. The summed E-state index contributed by atoms with van der Waals surface area (Å²) in [4.78, 5) is 38.1. The molecule has 0 aromatic carbocycles. The molecule has 1 aliphatic carbocycles. The summed E-state index contributed by atoms with van der Waals surface area (Å²) in [6.07, 6.45) is -8.57. The van der Waals surface area contributed by atoms with Crippen LogP contribution in [0, 0.1) is 23.2 Å². The van der Waals surface area contributed by atoms with E-state index in [1.165, 1.54) is 13.3 Å². The van der Waals surface area contributed by atoms with Crippen LogP contribution in [0.1, 0.15) is 90.0 Å². The monoisotopic (exact) mass is 717 g/mol. The highest BCUT2D eigenvalue weighted by atomic mass is 19.4. The standard InChI is InChI=1S/C35H45F6N3O6/c1-8-48-32(46)27-25(33(4,5)6)28(49-18-20-16-21(34(36,37)38)17-43-29(20)47-7)26(23-13-11-15-42-30(23)50-19(2)3)44(27)31(45)22-12-9-10-14-24(22)35(39,40)41/h11,13,15-17,19,22,24-28H,8-10,12,14,18H2,1-7H3/t22-,24-,25-,26-,27-,28-/m0/s1. The molecular weight excluding hydrogens is 672 g/mol. The highest BCUT2D eigenvalue weighted by Crippen LogP contribution is 2.53. The molecule has 0 bridgehead atoms. The maximum Gasteiger partial charge on any atom is 0.417 e. The number of ether oxygens (including phenoxy) is 4. The zero-order valence-corrected chi connectivity index (χ0v) is 29.2. The van der Waals surface area contributed by atoms with Crippen molar-refractivity contribution in [2.75, 3.05) is 13.7 Å². The lowest BCUT2D eigenvalue weighted by atomic mass is 9.73. The van der Waals surface area contributed by atoms with Crippen LogP contribution in [-0.4, -0.2) is 64.9 Å². The lowest BCUT2D eigenvalue weighted by molar-refractivity contribution is -0.202. The van der Waals surface area contributed by atoms with Crippen LogP contribution in [0.3, 0.4) is 0 Å². The molecule has 2 fully saturated rings. The summed E-state index contributed by atoms with van der Waals surface area (Å²) in [5.74, 6) is -6.19. The topological polar surface area (TPSA) is 100 Å². The first-order valence-electron chi connectivity index (χ1n) is 16.7. The van der Waals surface area contributed by atoms with E-state index in [2.05, 4.69) is 9.97 Å². The number of esters is 1. The van der Waals surface area contributed by atoms with Gasteiger partial charge in [0.05, 0.1) is 50.1 Å². The molecule has 1 amide bonds. The quantitative estimate of drug-likeness (QED) is 0.182. The number of alkyl halides is 6. The van der Waals surface area contributed by atoms with Crippen molar-refractivity contribution >= 4 is 11.9 Å². The molecule has 0 spiro atoms. The van der Waals surface area contributed by atoms with E-state index in [-0.39, 0.29) is 48.8 Å². The van der Waals surface area contributed by atoms with Crippen LogP contribution in [0.4, 0.5) is 26.3 Å². The maximum absolute atomic E-state index is 14.8. The number of pyridine rings is 2. The Bertz CT molecular complexity index is 1490. The van der Waals surface area contributed by atoms with Crippen LogP contribution in [0.5, 0.6) is 11.8 Å². The van der Waals surface area contributed by atoms with Crippen molar-refractivity contribution in [3.63, 3.8) is 0 Å². The highest BCUT2D eigenvalue weighted by Gasteiger charge is 2.62. The fourth-order valence-corrected chi connectivity index (χ4v) is 7.22. The highest BCUT2D eigenvalue weighted by molar-refractivity contribution is 5.88. The number of hydrogen-bond donors (Lipinski definition) is 0. The molecule has 6 atom stereocenters. The van der Waals surface area contributed by atoms with Crippen LogP contribution in [0.15, 0.2) is 30.6 Å². The van der Waals surface area contributed by atoms with Gasteiger partial charge in [0.25, 0.3) is 0 Å². The van der Waals surface area contributed by atoms with Crippen molar-refractivity contribution in [1.29, 1.82) is 0 Å². The first-order chi connectivity index (χ1) is 23.3. The SMILES string of the molecule is CCOC(=O)[C@@H]1[C@H](C(C)(C)C)[C@H](OCc2cc(C(F)(F)F)cnc2OC)[C@H](c2cccnc2OC(C)C)N1C(=O)[C@H]1CCCC[C@@H]1C(F)(F)F. The summed E-state index contributed by atoms with van der Waals surface area (Å²) in [5.41, 5.74) is -1.73. The van der Waals surface area contributed by atoms with E-state index in [0.717, 1.165) is 11.0 Å². The lowest BCUT2D eigenvalue weighted by Crippen LogP contribution is -2.52. The van der Waals surface area contributed by atoms with Crippen molar-refractivity contribution in [2.24, 2.45) is 23.2 Å². The summed E-state index contributed by atoms with van der Waals surface area (Å²) in [6, 6.07) is 1.30. The average Bonchev–Trinajstić information content (AvgIpc) is 3.38. The van der Waals surface area contributed by atoms with Gasteiger partial charge in [0.2, 0.25) is 17.7 Å². The largest absolute Gasteiger partial charge is 0.481 e. The first-order valence-corrected chi connectivity index (χ1v) is 16.7. The molecule has 3 heterocycles. The molecule has 15 heteroatoms. The van der Waals surface area contributed by atoms with Gasteiger partial charge in [0, 0.05) is 35.4 Å². The summed E-state index contributed by atoms with van der Waals surface area (Å²) in [6.45, 7) is 9.81. The second-order valence-electron chi connectivity index (χ2n) is 14.0. The van der Waals surface area contributed by atoms with Gasteiger partial charge >= 0.3 is 18.3 Å². The van der Waals surface area contributed by atoms with E-state index in [1.807, 2.05) is 0 Å². The van der Waals surface area contributed by atoms with Crippen LogP contribution < -0.4 is 9.47 Å². The van der Waals surface area contributed by atoms with Gasteiger partial charge in [-0.25, -0.2) is 14.8 Å². The summed E-state index contributed by atoms with van der Waals surface area (Å²) >= 11 is 0. The number of carbonyl (C=O) groups excluding carboxylic acids is 2. The van der Waals surface area contributed by atoms with Crippen LogP contribution >= 0.6 is 0 Å². The smallest absolute Gasteiger partial charge is 0.417 e. The molecular formula is C35H45F6N3O6. The fourth-order valence-electron chi connectivity index (χ4n) is 7.22. The maximum atomic E-state index is 14.8. The Kier molecular flexibility index (Phi) is 12.0. The molecule has 50 heavy (non-hydrogen) atoms. The number of halogens is 6. The number of nitrogens with zero attached hydrogens (tertiary/aromatic N) is 3. The summed E-state index contributed by atoms with van der Waals surface area (Å²) in [7, 11) is 1.24. The molecule has 2 aromatic heterocycles. The molecule has 0 N–H and O–H groups in total. The summed E-state index contributed by atoms with van der Waals surface area (Å²) < 4.78 is 108. The van der Waals surface area contributed by atoms with Gasteiger partial charge in [-0.15, -0.1) is 0 Å². The Morgan fingerprint density at radius 1 is 1.02 bits per heavy atom. The van der Waals surface area contributed by atoms with Crippen molar-refractivity contribution in [3.05, 3.63) is 47.3 Å². The molecule has 2 aliphatic rings. The van der Waals surface area contributed by atoms with Gasteiger partial charge in [-0.05, 0) is 57.2 Å². The normalized spacial score (nSPS) is 24.7. The summed E-state index contributed by atoms with van der Waals surface area (Å²) in [5, 5.41) is 0. The van der Waals surface area contributed by atoms with Crippen LogP contribution in [0.2, 0.25) is 0 Å². The van der Waals surface area contributed by atoms with E-state index >= 15 is 0 Å². The fraction of sp³-hybridized carbons (Fsp3) is 0.657. The second-order valence-corrected chi connectivity index (χ2v) is 14.0. The van der Waals surface area contributed by atoms with Crippen molar-refractivity contribution in [3.8, 4) is 11.8 Å². The Labute approximate surface area is 288 Å². The van der Waals surface area contributed by atoms with Crippen molar-refractivity contribution in [2.45, 2.75) is 110 Å². The van der Waals surface area contributed by atoms with Gasteiger partial charge < -0.3 is 23.8 Å². The molecule has 4 rings (SSSR count). The zero-order valence-electron chi connectivity index (χ0n) is 29.2. The number of carbonyl (C=O) groups is 2. The number of rotatable bonds is 10. The molecule has 1 aliphatic heterocycles. The minimum Gasteiger partial charge on any atom is -0.481 e. The van der Waals surface area contributed by atoms with Crippen molar-refractivity contribution in [1.82, 2.24) is 14.9 Å². The number of amides is 1. The third-order valence-electron chi connectivity index (χ3n) is 9.23. The van der Waals surface area contributed by atoms with Crippen LogP contribution in [-0.2, 0) is 31.8 Å². The Balaban J connectivity index is 1.97. The molecule has 278 valence electrons. The molecule has 2 aromatic rings. The Hall–Kier alpha value is -3.62. The van der Waals surface area contributed by atoms with E-state index in [0.29, 0.717) is 12.6 Å². The predicted octanol–water partition coefficient (Wildman–Crippen LogP) is 7.72. The van der Waals surface area contributed by atoms with Gasteiger partial charge in [-0.1, -0.05) is 33.6 Å². The first kappa shape index (κ1) is 39.2. The van der Waals surface area contributed by atoms with Gasteiger partial charge in [-0.3, -0.25) is 4.79 Å². The molecule has 1 saturated carbocycles. The molecule has 0 radical (unpaired) electrons. The van der Waals surface area contributed by atoms with Crippen molar-refractivity contribution < 1.29 is 54.9 Å². The Morgan fingerprint density at radius 3 is 2.28 bits per heavy atom. The van der Waals surface area contributed by atoms with Gasteiger partial charge in [0.15, 0.2) is 0 Å². The predicted molar refractivity (Wildman–Crippen MR) is 169 cm³/mol. The van der Waals surface area contributed by atoms with Crippen LogP contribution in [0.25, 0.3) is 0 Å². The molecule has 1 saturated heterocycles. The third kappa shape index (κ3) is 8.46. The number of likely N-dealkylation sites (tertiary alicyclic amines) is 1. The number of methoxy groups -OCH3 is 1. The zero-order chi connectivity index (χ0) is 37.2. The third-order valence-corrected chi connectivity index (χ3v) is 9.23. The van der Waals surface area contributed by atoms with Gasteiger partial charge in [-0.2, -0.15) is 26.3 Å². The average molecular weight is 718 g/mol. The second kappa shape index (κ2) is 15.3. The minimum absolute atomic E-state index is 0.0526. The van der Waals surface area contributed by atoms with Gasteiger partial charge in [0.1, 0.15) is 6.04 Å². The molecule has 9 nitrogen and oxygen atoms in total. The van der Waals surface area contributed by atoms with E-state index in [4.69, 9.17) is 18.9 Å². The minimum atomic E-state index is -4.73. The lowest BCUT2D eigenvalue weighted by Gasteiger charge is -2.39. The number of hydrogen-bond acceptors (Lipinski definition) is 8. The van der Waals surface area contributed by atoms with E-state index < -0.39 is 83.9 Å². The number of aromatic nitrogens is 2. The Morgan fingerprint density at radius 2 is 1.70 bits per heavy atom. The van der Waals surface area contributed by atoms with E-state index in [9.17, 15) is 35.9 Å².